The van der Waals surface area contributed by atoms with Crippen LogP contribution in [0.15, 0.2) is 114 Å². The predicted molar refractivity (Wildman–Crippen MR) is 138 cm³/mol. The van der Waals surface area contributed by atoms with Crippen molar-refractivity contribution in [3.63, 3.8) is 0 Å². The number of fused-ring (bicyclic) bond motifs is 4. The predicted octanol–water partition coefficient (Wildman–Crippen LogP) is 8.56. The summed E-state index contributed by atoms with van der Waals surface area (Å²) in [6, 6.07) is 38.4. The molecule has 0 saturated carbocycles. The number of hydrogen-bond acceptors (Lipinski definition) is 1. The van der Waals surface area contributed by atoms with Crippen molar-refractivity contribution in [1.82, 2.24) is 4.98 Å². The minimum atomic E-state index is 1.00. The van der Waals surface area contributed by atoms with E-state index in [0.717, 1.165) is 26.7 Å². The van der Waals surface area contributed by atoms with Crippen LogP contribution in [0.5, 0.6) is 0 Å². The lowest BCUT2D eigenvalue weighted by atomic mass is 9.93. The van der Waals surface area contributed by atoms with E-state index in [1.165, 1.54) is 44.2 Å². The molecule has 0 aliphatic carbocycles. The Balaban J connectivity index is 1.73. The molecule has 0 bridgehead atoms. The molecule has 2 heteroatoms. The van der Waals surface area contributed by atoms with Crippen molar-refractivity contribution in [2.75, 3.05) is 0 Å². The maximum absolute atomic E-state index is 5.76. The van der Waals surface area contributed by atoms with Gasteiger partial charge < -0.3 is 0 Å². The van der Waals surface area contributed by atoms with Gasteiger partial charge in [-0.1, -0.05) is 91.0 Å². The normalized spacial score (nSPS) is 11.2. The second kappa shape index (κ2) is 7.62. The van der Waals surface area contributed by atoms with Crippen LogP contribution in [-0.2, 0) is 0 Å². The van der Waals surface area contributed by atoms with Crippen LogP contribution in [0.2, 0.25) is 0 Å². The van der Waals surface area contributed by atoms with Gasteiger partial charge in [0.05, 0.1) is 11.0 Å². The summed E-state index contributed by atoms with van der Waals surface area (Å²) in [7, 11) is 0. The van der Waals surface area contributed by atoms with Crippen molar-refractivity contribution in [2.24, 2.45) is 0 Å². The molecule has 0 fully saturated rings. The number of hydrogen-bond donors (Lipinski definition) is 0. The van der Waals surface area contributed by atoms with Crippen molar-refractivity contribution >= 4 is 43.7 Å². The van der Waals surface area contributed by atoms with Gasteiger partial charge >= 0.3 is 0 Å². The Morgan fingerprint density at radius 2 is 1.28 bits per heavy atom. The quantitative estimate of drug-likeness (QED) is 0.200. The van der Waals surface area contributed by atoms with E-state index in [4.69, 9.17) is 10.7 Å². The first kappa shape index (κ1) is 18.8. The highest BCUT2D eigenvalue weighted by Gasteiger charge is 2.14. The Labute approximate surface area is 190 Å². The van der Waals surface area contributed by atoms with Gasteiger partial charge in [0.15, 0.2) is 0 Å². The minimum Gasteiger partial charge on any atom is -0.247 e. The molecule has 0 atom stereocenters. The molecule has 0 spiro atoms. The summed E-state index contributed by atoms with van der Waals surface area (Å²) < 4.78 is 0. The molecule has 6 aromatic rings. The second-order valence-electron chi connectivity index (χ2n) is 7.91. The van der Waals surface area contributed by atoms with Gasteiger partial charge in [0.1, 0.15) is 0 Å². The molecule has 0 N–H and O–H groups in total. The number of pyridine rings is 1. The smallest absolute Gasteiger partial charge is 0.0794 e. The van der Waals surface area contributed by atoms with Crippen LogP contribution < -0.4 is 0 Å². The van der Waals surface area contributed by atoms with E-state index in [1.54, 1.807) is 0 Å². The summed E-state index contributed by atoms with van der Waals surface area (Å²) in [5.74, 6) is 0. The van der Waals surface area contributed by atoms with Crippen molar-refractivity contribution in [2.45, 2.75) is 4.90 Å². The minimum absolute atomic E-state index is 1.00. The molecule has 0 amide bonds. The molecule has 150 valence electrons. The van der Waals surface area contributed by atoms with Crippen LogP contribution in [0.3, 0.4) is 0 Å². The Kier molecular flexibility index (Phi) is 4.47. The summed E-state index contributed by atoms with van der Waals surface area (Å²) in [5, 5.41) is 4.69. The average Bonchev–Trinajstić information content (AvgIpc) is 2.87. The van der Waals surface area contributed by atoms with Crippen LogP contribution in [0.1, 0.15) is 0 Å². The maximum atomic E-state index is 5.76. The molecular formula is C30H19NS. The van der Waals surface area contributed by atoms with Crippen molar-refractivity contribution in [3.8, 4) is 27.9 Å². The van der Waals surface area contributed by atoms with E-state index in [9.17, 15) is 0 Å². The zero-order valence-electron chi connectivity index (χ0n) is 17.3. The molecule has 1 nitrogen and oxygen atoms in total. The summed E-state index contributed by atoms with van der Waals surface area (Å²) >= 11 is 1.27. The Bertz CT molecular complexity index is 1660. The zero-order chi connectivity index (χ0) is 21.5. The van der Waals surface area contributed by atoms with E-state index in [0.29, 0.717) is 0 Å². The maximum Gasteiger partial charge on any atom is 0.0794 e. The first-order valence-corrected chi connectivity index (χ1v) is 11.5. The molecule has 32 heavy (non-hydrogen) atoms. The molecular weight excluding hydrogens is 406 g/mol. The SMILES string of the molecule is C#Sc1ccc(-c2c3ccc(-c4ccccc4)cc3nc3c2ccc2ccccc23)cc1. The standard InChI is InChI=1S/C30H19NS/c1-32-24-15-11-22(12-16-24)29-26-17-14-23(20-7-3-2-4-8-20)19-28(26)31-30-25-10-6-5-9-21(25)13-18-27(29)30/h1-19H. The third kappa shape index (κ3) is 3.06. The van der Waals surface area contributed by atoms with Gasteiger partial charge in [-0.15, -0.1) is 16.9 Å². The number of benzene rings is 5. The Hall–Kier alpha value is -3.97. The molecule has 1 aromatic heterocycles. The fourth-order valence-corrected chi connectivity index (χ4v) is 4.79. The Morgan fingerprint density at radius 1 is 0.562 bits per heavy atom. The topological polar surface area (TPSA) is 12.9 Å². The van der Waals surface area contributed by atoms with Gasteiger partial charge in [0, 0.05) is 26.6 Å². The fourth-order valence-electron chi connectivity index (χ4n) is 4.50. The van der Waals surface area contributed by atoms with Crippen LogP contribution >= 0.6 is 11.2 Å². The monoisotopic (exact) mass is 425 g/mol. The summed E-state index contributed by atoms with van der Waals surface area (Å²) in [6.45, 7) is 0. The van der Waals surface area contributed by atoms with Gasteiger partial charge in [0.25, 0.3) is 0 Å². The molecule has 1 heterocycles. The van der Waals surface area contributed by atoms with Crippen molar-refractivity contribution in [1.29, 1.82) is 0 Å². The summed E-state index contributed by atoms with van der Waals surface area (Å²) in [5.41, 5.74) is 12.5. The molecule has 5 aromatic carbocycles. The molecule has 0 saturated heterocycles. The first-order chi connectivity index (χ1) is 15.8. The third-order valence-electron chi connectivity index (χ3n) is 6.06. The first-order valence-electron chi connectivity index (χ1n) is 10.6. The Morgan fingerprint density at radius 3 is 2.09 bits per heavy atom. The molecule has 0 aliphatic heterocycles. The van der Waals surface area contributed by atoms with Crippen molar-refractivity contribution < 1.29 is 0 Å². The zero-order valence-corrected chi connectivity index (χ0v) is 18.1. The van der Waals surface area contributed by atoms with Gasteiger partial charge in [-0.2, -0.15) is 0 Å². The van der Waals surface area contributed by atoms with E-state index >= 15 is 0 Å². The summed E-state index contributed by atoms with van der Waals surface area (Å²) in [4.78, 5) is 6.24. The lowest BCUT2D eigenvalue weighted by Crippen LogP contribution is -1.91. The molecule has 0 radical (unpaired) electrons. The van der Waals surface area contributed by atoms with E-state index < -0.39 is 0 Å². The molecule has 0 aliphatic rings. The van der Waals surface area contributed by atoms with Gasteiger partial charge in [0.2, 0.25) is 0 Å². The lowest BCUT2D eigenvalue weighted by molar-refractivity contribution is 1.47. The highest BCUT2D eigenvalue weighted by molar-refractivity contribution is 7.88. The number of aromatic nitrogens is 1. The third-order valence-corrected chi connectivity index (χ3v) is 6.60. The average molecular weight is 426 g/mol. The van der Waals surface area contributed by atoms with Gasteiger partial charge in [-0.05, 0) is 40.3 Å². The van der Waals surface area contributed by atoms with Crippen LogP contribution in [0.4, 0.5) is 0 Å². The highest BCUT2D eigenvalue weighted by Crippen LogP contribution is 2.39. The van der Waals surface area contributed by atoms with Crippen molar-refractivity contribution in [3.05, 3.63) is 109 Å². The van der Waals surface area contributed by atoms with Gasteiger partial charge in [-0.25, -0.2) is 4.98 Å². The highest BCUT2D eigenvalue weighted by atomic mass is 32.1. The van der Waals surface area contributed by atoms with Crippen LogP contribution in [0, 0.1) is 5.69 Å². The number of nitrogens with zero attached hydrogens (tertiary/aromatic N) is 1. The number of rotatable bonds is 2. The van der Waals surface area contributed by atoms with E-state index in [2.05, 4.69) is 103 Å². The largest absolute Gasteiger partial charge is 0.247 e. The molecule has 6 rings (SSSR count). The van der Waals surface area contributed by atoms with Crippen LogP contribution in [0.25, 0.3) is 54.8 Å². The van der Waals surface area contributed by atoms with E-state index in [-0.39, 0.29) is 0 Å². The summed E-state index contributed by atoms with van der Waals surface area (Å²) in [6.07, 6.45) is 0. The van der Waals surface area contributed by atoms with Crippen LogP contribution in [-0.4, -0.2) is 4.98 Å². The second-order valence-corrected chi connectivity index (χ2v) is 8.62. The van der Waals surface area contributed by atoms with Gasteiger partial charge in [-0.3, -0.25) is 0 Å². The fraction of sp³-hybridized carbons (Fsp3) is 0. The molecule has 0 unspecified atom stereocenters. The van der Waals surface area contributed by atoms with E-state index in [1.807, 2.05) is 6.07 Å². The lowest BCUT2D eigenvalue weighted by Gasteiger charge is -2.14.